The fourth-order valence-corrected chi connectivity index (χ4v) is 12.2. The van der Waals surface area contributed by atoms with Crippen molar-refractivity contribution in [3.8, 4) is 44.8 Å². The minimum Gasteiger partial charge on any atom is -0.256 e. The van der Waals surface area contributed by atoms with Gasteiger partial charge in [-0.2, -0.15) is 0 Å². The van der Waals surface area contributed by atoms with Crippen LogP contribution in [0, 0.1) is 0 Å². The highest BCUT2D eigenvalue weighted by molar-refractivity contribution is 7.24. The van der Waals surface area contributed by atoms with E-state index in [9.17, 15) is 0 Å². The summed E-state index contributed by atoms with van der Waals surface area (Å²) in [6.07, 6.45) is 3.76. The summed E-state index contributed by atoms with van der Waals surface area (Å²) < 4.78 is 0. The molecule has 4 aromatic carbocycles. The molecule has 2 aliphatic heterocycles. The van der Waals surface area contributed by atoms with Crippen LogP contribution in [0.4, 0.5) is 0 Å². The Bertz CT molecular complexity index is 1690. The smallest absolute Gasteiger partial charge is 0.182 e. The largest absolute Gasteiger partial charge is 0.256 e. The van der Waals surface area contributed by atoms with Gasteiger partial charge in [-0.05, 0) is 67.3 Å². The maximum Gasteiger partial charge on any atom is 0.182 e. The van der Waals surface area contributed by atoms with Gasteiger partial charge in [-0.25, -0.2) is 0 Å². The van der Waals surface area contributed by atoms with Gasteiger partial charge in [-0.3, -0.25) is 9.97 Å². The maximum atomic E-state index is 4.69. The van der Waals surface area contributed by atoms with Crippen molar-refractivity contribution < 1.29 is 0 Å². The highest BCUT2D eigenvalue weighted by Gasteiger charge is 2.54. The van der Waals surface area contributed by atoms with Gasteiger partial charge in [0.15, 0.2) is 8.07 Å². The van der Waals surface area contributed by atoms with E-state index in [-0.39, 0.29) is 0 Å². The van der Waals surface area contributed by atoms with E-state index in [0.717, 1.165) is 11.4 Å². The molecule has 8 rings (SSSR count). The second-order valence-electron chi connectivity index (χ2n) is 9.79. The molecule has 0 aliphatic carbocycles. The van der Waals surface area contributed by atoms with E-state index in [0.29, 0.717) is 0 Å². The zero-order valence-corrected chi connectivity index (χ0v) is 21.1. The second-order valence-corrected chi connectivity index (χ2v) is 13.4. The zero-order chi connectivity index (χ0) is 24.4. The second kappa shape index (κ2) is 7.70. The van der Waals surface area contributed by atoms with E-state index >= 15 is 0 Å². The van der Waals surface area contributed by atoms with Crippen LogP contribution in [0.1, 0.15) is 0 Å². The van der Waals surface area contributed by atoms with Gasteiger partial charge in [-0.15, -0.1) is 0 Å². The number of hydrogen-bond donors (Lipinski definition) is 0. The first-order chi connectivity index (χ1) is 18.4. The Morgan fingerprint density at radius 3 is 1.27 bits per heavy atom. The Labute approximate surface area is 217 Å². The van der Waals surface area contributed by atoms with Crippen LogP contribution < -0.4 is 20.7 Å². The average Bonchev–Trinajstić information content (AvgIpc) is 3.45. The fourth-order valence-electron chi connectivity index (χ4n) is 6.52. The molecule has 0 N–H and O–H groups in total. The predicted molar refractivity (Wildman–Crippen MR) is 155 cm³/mol. The summed E-state index contributed by atoms with van der Waals surface area (Å²) in [5.74, 6) is 0. The number of aromatic nitrogens is 2. The number of hydrogen-bond acceptors (Lipinski definition) is 2. The van der Waals surface area contributed by atoms with E-state index in [1.54, 1.807) is 0 Å². The van der Waals surface area contributed by atoms with E-state index < -0.39 is 8.07 Å². The summed E-state index contributed by atoms with van der Waals surface area (Å²) in [5.41, 5.74) is 9.81. The van der Waals surface area contributed by atoms with Gasteiger partial charge in [0.2, 0.25) is 0 Å². The van der Waals surface area contributed by atoms with Crippen molar-refractivity contribution in [3.05, 3.63) is 134 Å². The molecule has 0 bridgehead atoms. The Balaban J connectivity index is 1.50. The Morgan fingerprint density at radius 1 is 0.378 bits per heavy atom. The summed E-state index contributed by atoms with van der Waals surface area (Å²) in [5, 5.41) is 5.88. The molecule has 172 valence electrons. The number of nitrogens with zero attached hydrogens (tertiary/aromatic N) is 2. The minimum absolute atomic E-state index is 1.01. The summed E-state index contributed by atoms with van der Waals surface area (Å²) in [6, 6.07) is 44.4. The van der Waals surface area contributed by atoms with Crippen LogP contribution >= 0.6 is 0 Å². The zero-order valence-electron chi connectivity index (χ0n) is 20.1. The Kier molecular flexibility index (Phi) is 4.28. The van der Waals surface area contributed by atoms with Crippen molar-refractivity contribution in [2.45, 2.75) is 0 Å². The first-order valence-corrected chi connectivity index (χ1v) is 14.7. The van der Waals surface area contributed by atoms with Crippen LogP contribution in [0.25, 0.3) is 44.8 Å². The molecule has 0 unspecified atom stereocenters. The van der Waals surface area contributed by atoms with Crippen LogP contribution in [0.15, 0.2) is 134 Å². The summed E-state index contributed by atoms with van der Waals surface area (Å²) in [6.45, 7) is 0. The average molecular weight is 487 g/mol. The molecule has 0 atom stereocenters. The van der Waals surface area contributed by atoms with Gasteiger partial charge in [0, 0.05) is 23.5 Å². The van der Waals surface area contributed by atoms with Crippen LogP contribution in [-0.4, -0.2) is 18.0 Å². The summed E-state index contributed by atoms with van der Waals surface area (Å²) >= 11 is 0. The van der Waals surface area contributed by atoms with Crippen LogP contribution in [0.5, 0.6) is 0 Å². The van der Waals surface area contributed by atoms with Crippen molar-refractivity contribution in [2.75, 3.05) is 0 Å². The minimum atomic E-state index is -2.54. The molecule has 0 saturated carbocycles. The lowest BCUT2D eigenvalue weighted by atomic mass is 10.0. The lowest BCUT2D eigenvalue weighted by Crippen LogP contribution is -2.70. The van der Waals surface area contributed by atoms with Gasteiger partial charge >= 0.3 is 0 Å². The topological polar surface area (TPSA) is 25.8 Å². The van der Waals surface area contributed by atoms with Crippen molar-refractivity contribution in [2.24, 2.45) is 0 Å². The molecule has 2 aromatic heterocycles. The van der Waals surface area contributed by atoms with E-state index in [4.69, 9.17) is 0 Å². The van der Waals surface area contributed by atoms with Crippen molar-refractivity contribution >= 4 is 28.8 Å². The fraction of sp³-hybridized carbons (Fsp3) is 0. The normalized spacial score (nSPS) is 13.6. The van der Waals surface area contributed by atoms with Crippen LogP contribution in [0.3, 0.4) is 0 Å². The number of rotatable bonds is 2. The summed E-state index contributed by atoms with van der Waals surface area (Å²) in [7, 11) is -2.54. The van der Waals surface area contributed by atoms with Crippen molar-refractivity contribution in [1.82, 2.24) is 9.97 Å². The molecule has 0 amide bonds. The lowest BCUT2D eigenvalue weighted by Gasteiger charge is -2.28. The van der Waals surface area contributed by atoms with Gasteiger partial charge in [0.1, 0.15) is 0 Å². The number of fused-ring (bicyclic) bond motifs is 10. The molecule has 4 heterocycles. The predicted octanol–water partition coefficient (Wildman–Crippen LogP) is 5.15. The highest BCUT2D eigenvalue weighted by Crippen LogP contribution is 2.38. The molecule has 0 radical (unpaired) electrons. The molecule has 3 heteroatoms. The molecular formula is C34H22N2Si. The highest BCUT2D eigenvalue weighted by atomic mass is 28.3. The van der Waals surface area contributed by atoms with Crippen LogP contribution in [0.2, 0.25) is 0 Å². The lowest BCUT2D eigenvalue weighted by molar-refractivity contribution is 1.33. The van der Waals surface area contributed by atoms with E-state index in [2.05, 4.69) is 119 Å². The first kappa shape index (κ1) is 20.6. The van der Waals surface area contributed by atoms with Crippen molar-refractivity contribution in [3.63, 3.8) is 0 Å². The molecule has 6 aromatic rings. The van der Waals surface area contributed by atoms with E-state index in [1.807, 2.05) is 24.5 Å². The Hall–Kier alpha value is -4.60. The molecule has 1 spiro atoms. The van der Waals surface area contributed by atoms with Crippen molar-refractivity contribution in [1.29, 1.82) is 0 Å². The molecule has 0 fully saturated rings. The molecule has 0 saturated heterocycles. The molecule has 2 nitrogen and oxygen atoms in total. The third kappa shape index (κ3) is 2.75. The molecular weight excluding hydrogens is 464 g/mol. The monoisotopic (exact) mass is 486 g/mol. The standard InChI is InChI=1S/C34H22N2Si/c1-3-13-31-25(9-1)26-10-2-4-14-32(26)37(31)33-21-23(29-11-5-7-19-35-29)15-17-27(33)28-18-16-24(22-34(28)37)30-12-6-8-20-36-30/h1-22H. The molecule has 2 aliphatic rings. The number of pyridine rings is 2. The van der Waals surface area contributed by atoms with Gasteiger partial charge in [-0.1, -0.05) is 97.1 Å². The van der Waals surface area contributed by atoms with Gasteiger partial charge in [0.25, 0.3) is 0 Å². The van der Waals surface area contributed by atoms with Crippen LogP contribution in [-0.2, 0) is 0 Å². The molecule has 37 heavy (non-hydrogen) atoms. The quantitative estimate of drug-likeness (QED) is 0.316. The maximum absolute atomic E-state index is 4.69. The van der Waals surface area contributed by atoms with Gasteiger partial charge in [0.05, 0.1) is 11.4 Å². The third-order valence-corrected chi connectivity index (χ3v) is 12.9. The first-order valence-electron chi connectivity index (χ1n) is 12.7. The summed E-state index contributed by atoms with van der Waals surface area (Å²) in [4.78, 5) is 9.38. The SMILES string of the molecule is c1ccc(-c2ccc3c(c2)[Si]2(c4ccccc4-c4ccccc42)c2cc(-c4ccccn4)ccc2-3)nc1. The van der Waals surface area contributed by atoms with E-state index in [1.165, 1.54) is 54.1 Å². The third-order valence-electron chi connectivity index (χ3n) is 8.01. The van der Waals surface area contributed by atoms with Gasteiger partial charge < -0.3 is 0 Å². The Morgan fingerprint density at radius 2 is 0.811 bits per heavy atom. The number of benzene rings is 4.